The smallest absolute Gasteiger partial charge is 0.104 e. The van der Waals surface area contributed by atoms with Gasteiger partial charge in [-0.3, -0.25) is 0 Å². The molecular weight excluding hydrogens is 248 g/mol. The normalized spacial score (nSPS) is 27.4. The van der Waals surface area contributed by atoms with Crippen LogP contribution in [0.15, 0.2) is 0 Å². The Hall–Kier alpha value is 0.360. The second-order valence-electron chi connectivity index (χ2n) is 3.65. The first kappa shape index (κ1) is 12.4. The van der Waals surface area contributed by atoms with Gasteiger partial charge in [-0.15, -0.1) is 0 Å². The van der Waals surface area contributed by atoms with E-state index in [1.165, 1.54) is 12.8 Å². The largest absolute Gasteiger partial charge is 0.382 e. The van der Waals surface area contributed by atoms with E-state index in [1.807, 2.05) is 0 Å². The van der Waals surface area contributed by atoms with Crippen LogP contribution in [-0.2, 0) is 14.2 Å². The molecule has 1 fully saturated rings. The fourth-order valence-corrected chi connectivity index (χ4v) is 2.49. The highest BCUT2D eigenvalue weighted by molar-refractivity contribution is 9.09. The Morgan fingerprint density at radius 1 is 1.21 bits per heavy atom. The summed E-state index contributed by atoms with van der Waals surface area (Å²) in [7, 11) is 3.37. The number of hydrogen-bond donors (Lipinski definition) is 0. The first-order valence-corrected chi connectivity index (χ1v) is 5.97. The van der Waals surface area contributed by atoms with Gasteiger partial charge in [0.15, 0.2) is 0 Å². The van der Waals surface area contributed by atoms with E-state index in [1.54, 1.807) is 14.2 Å². The van der Waals surface area contributed by atoms with Crippen LogP contribution in [0.2, 0.25) is 0 Å². The minimum atomic E-state index is 0.0631. The number of hydrogen-bond acceptors (Lipinski definition) is 3. The molecule has 1 saturated carbocycles. The number of alkyl halides is 1. The fraction of sp³-hybridized carbons (Fsp3) is 1.00. The molecule has 0 aliphatic heterocycles. The molecule has 2 atom stereocenters. The van der Waals surface area contributed by atoms with Gasteiger partial charge < -0.3 is 14.2 Å². The molecule has 0 spiro atoms. The lowest BCUT2D eigenvalue weighted by Gasteiger charge is -2.22. The number of halogens is 1. The van der Waals surface area contributed by atoms with Crippen molar-refractivity contribution in [3.05, 3.63) is 0 Å². The Kier molecular flexibility index (Phi) is 6.01. The maximum Gasteiger partial charge on any atom is 0.104 e. The lowest BCUT2D eigenvalue weighted by molar-refractivity contribution is -0.0732. The van der Waals surface area contributed by atoms with Crippen molar-refractivity contribution in [1.29, 1.82) is 0 Å². The third kappa shape index (κ3) is 3.85. The fourth-order valence-electron chi connectivity index (χ4n) is 1.78. The van der Waals surface area contributed by atoms with Crippen LogP contribution in [0.3, 0.4) is 0 Å². The van der Waals surface area contributed by atoms with Gasteiger partial charge in [-0.05, 0) is 19.3 Å². The van der Waals surface area contributed by atoms with Gasteiger partial charge in [0.05, 0.1) is 19.3 Å². The van der Waals surface area contributed by atoms with E-state index in [4.69, 9.17) is 14.2 Å². The molecule has 0 bridgehead atoms. The summed E-state index contributed by atoms with van der Waals surface area (Å²) < 4.78 is 16.1. The molecule has 2 unspecified atom stereocenters. The van der Waals surface area contributed by atoms with Crippen LogP contribution in [0, 0.1) is 0 Å². The molecule has 1 rings (SSSR count). The van der Waals surface area contributed by atoms with Crippen LogP contribution in [0.5, 0.6) is 0 Å². The van der Waals surface area contributed by atoms with E-state index in [0.717, 1.165) is 6.42 Å². The Balaban J connectivity index is 2.29. The minimum Gasteiger partial charge on any atom is -0.382 e. The summed E-state index contributed by atoms with van der Waals surface area (Å²) in [6, 6.07) is 0. The van der Waals surface area contributed by atoms with Crippen LogP contribution in [0.4, 0.5) is 0 Å². The van der Waals surface area contributed by atoms with Gasteiger partial charge in [-0.2, -0.15) is 0 Å². The van der Waals surface area contributed by atoms with E-state index in [0.29, 0.717) is 24.1 Å². The van der Waals surface area contributed by atoms with E-state index in [2.05, 4.69) is 15.9 Å². The Bertz CT molecular complexity index is 148. The molecule has 14 heavy (non-hydrogen) atoms. The standard InChI is InChI=1S/C10H19BrO3/c1-12-6-8(7-13-2)14-10-5-3-4-9(10)11/h8-10H,3-7H2,1-2H3. The van der Waals surface area contributed by atoms with E-state index < -0.39 is 0 Å². The summed E-state index contributed by atoms with van der Waals surface area (Å²) in [5, 5.41) is 0. The first-order chi connectivity index (χ1) is 6.77. The summed E-state index contributed by atoms with van der Waals surface area (Å²) in [6.45, 7) is 1.20. The molecule has 0 amide bonds. The number of methoxy groups -OCH3 is 2. The molecule has 0 aromatic heterocycles. The summed E-state index contributed by atoms with van der Waals surface area (Å²) in [5.41, 5.74) is 0. The number of ether oxygens (including phenoxy) is 3. The highest BCUT2D eigenvalue weighted by Gasteiger charge is 2.28. The van der Waals surface area contributed by atoms with Gasteiger partial charge >= 0.3 is 0 Å². The Labute approximate surface area is 94.2 Å². The highest BCUT2D eigenvalue weighted by atomic mass is 79.9. The average Bonchev–Trinajstić information content (AvgIpc) is 2.53. The molecule has 0 aromatic rings. The zero-order valence-electron chi connectivity index (χ0n) is 8.87. The van der Waals surface area contributed by atoms with Crippen LogP contribution in [0.25, 0.3) is 0 Å². The summed E-state index contributed by atoms with van der Waals surface area (Å²) in [4.78, 5) is 0.499. The molecule has 0 aromatic carbocycles. The van der Waals surface area contributed by atoms with Crippen molar-refractivity contribution in [1.82, 2.24) is 0 Å². The van der Waals surface area contributed by atoms with Crippen LogP contribution in [-0.4, -0.2) is 44.5 Å². The molecule has 4 heteroatoms. The quantitative estimate of drug-likeness (QED) is 0.689. The lowest BCUT2D eigenvalue weighted by Crippen LogP contribution is -2.31. The predicted molar refractivity (Wildman–Crippen MR) is 59.0 cm³/mol. The Morgan fingerprint density at radius 3 is 2.29 bits per heavy atom. The molecule has 84 valence electrons. The van der Waals surface area contributed by atoms with Crippen molar-refractivity contribution >= 4 is 15.9 Å². The molecule has 3 nitrogen and oxygen atoms in total. The molecule has 0 heterocycles. The van der Waals surface area contributed by atoms with Gasteiger partial charge in [0.25, 0.3) is 0 Å². The lowest BCUT2D eigenvalue weighted by atomic mass is 10.3. The second-order valence-corrected chi connectivity index (χ2v) is 4.83. The van der Waals surface area contributed by atoms with Crippen molar-refractivity contribution in [2.24, 2.45) is 0 Å². The average molecular weight is 267 g/mol. The topological polar surface area (TPSA) is 27.7 Å². The maximum atomic E-state index is 5.91. The molecule has 1 aliphatic rings. The van der Waals surface area contributed by atoms with Crippen molar-refractivity contribution in [2.75, 3.05) is 27.4 Å². The van der Waals surface area contributed by atoms with Crippen LogP contribution < -0.4 is 0 Å². The Morgan fingerprint density at radius 2 is 1.86 bits per heavy atom. The van der Waals surface area contributed by atoms with Crippen LogP contribution >= 0.6 is 15.9 Å². The molecule has 0 radical (unpaired) electrons. The predicted octanol–water partition coefficient (Wildman–Crippen LogP) is 1.98. The second kappa shape index (κ2) is 6.77. The van der Waals surface area contributed by atoms with Crippen molar-refractivity contribution < 1.29 is 14.2 Å². The highest BCUT2D eigenvalue weighted by Crippen LogP contribution is 2.29. The van der Waals surface area contributed by atoms with E-state index >= 15 is 0 Å². The minimum absolute atomic E-state index is 0.0631. The SMILES string of the molecule is COCC(COC)OC1CCCC1Br. The summed E-state index contributed by atoms with van der Waals surface area (Å²) in [6.07, 6.45) is 3.98. The van der Waals surface area contributed by atoms with Gasteiger partial charge in [0.2, 0.25) is 0 Å². The van der Waals surface area contributed by atoms with E-state index in [9.17, 15) is 0 Å². The zero-order valence-corrected chi connectivity index (χ0v) is 10.5. The molecular formula is C10H19BrO3. The van der Waals surface area contributed by atoms with E-state index in [-0.39, 0.29) is 6.10 Å². The maximum absolute atomic E-state index is 5.91. The third-order valence-corrected chi connectivity index (χ3v) is 3.49. The van der Waals surface area contributed by atoms with Crippen LogP contribution in [0.1, 0.15) is 19.3 Å². The van der Waals surface area contributed by atoms with Gasteiger partial charge in [-0.25, -0.2) is 0 Å². The summed E-state index contributed by atoms with van der Waals surface area (Å²) in [5.74, 6) is 0. The van der Waals surface area contributed by atoms with Crippen molar-refractivity contribution in [2.45, 2.75) is 36.3 Å². The summed E-state index contributed by atoms with van der Waals surface area (Å²) >= 11 is 3.63. The first-order valence-electron chi connectivity index (χ1n) is 5.05. The van der Waals surface area contributed by atoms with Crippen molar-refractivity contribution in [3.8, 4) is 0 Å². The molecule has 0 saturated heterocycles. The third-order valence-electron chi connectivity index (χ3n) is 2.44. The molecule has 1 aliphatic carbocycles. The number of rotatable bonds is 6. The van der Waals surface area contributed by atoms with Gasteiger partial charge in [0, 0.05) is 19.0 Å². The molecule has 0 N–H and O–H groups in total. The van der Waals surface area contributed by atoms with Crippen molar-refractivity contribution in [3.63, 3.8) is 0 Å². The monoisotopic (exact) mass is 266 g/mol. The zero-order chi connectivity index (χ0) is 10.4. The van der Waals surface area contributed by atoms with Gasteiger partial charge in [0.1, 0.15) is 6.10 Å². The van der Waals surface area contributed by atoms with Gasteiger partial charge in [-0.1, -0.05) is 15.9 Å².